The predicted molar refractivity (Wildman–Crippen MR) is 122 cm³/mol. The Bertz CT molecular complexity index is 723. The number of rotatable bonds is 4. The van der Waals surface area contributed by atoms with Crippen LogP contribution in [0, 0.1) is 17.8 Å². The highest BCUT2D eigenvalue weighted by molar-refractivity contribution is 14.0. The van der Waals surface area contributed by atoms with Crippen LogP contribution in [0.4, 0.5) is 0 Å². The summed E-state index contributed by atoms with van der Waals surface area (Å²) in [4.78, 5) is 18.8. The highest BCUT2D eigenvalue weighted by Gasteiger charge is 2.52. The molecule has 1 aromatic rings. The molecule has 6 heteroatoms. The van der Waals surface area contributed by atoms with Crippen molar-refractivity contribution in [3.63, 3.8) is 0 Å². The summed E-state index contributed by atoms with van der Waals surface area (Å²) in [5, 5.41) is 3.60. The number of carbonyl (C=O) groups is 1. The number of esters is 1. The van der Waals surface area contributed by atoms with Crippen LogP contribution in [0.15, 0.2) is 29.3 Å². The number of aryl methyl sites for hydroxylation is 1. The molecule has 1 heterocycles. The molecule has 5 nitrogen and oxygen atoms in total. The van der Waals surface area contributed by atoms with Gasteiger partial charge in [-0.2, -0.15) is 0 Å². The van der Waals surface area contributed by atoms with Crippen LogP contribution in [0.3, 0.4) is 0 Å². The largest absolute Gasteiger partial charge is 0.466 e. The molecular weight excluding hydrogens is 465 g/mol. The van der Waals surface area contributed by atoms with Gasteiger partial charge in [-0.25, -0.2) is 0 Å². The van der Waals surface area contributed by atoms with Crippen LogP contribution in [0.1, 0.15) is 43.2 Å². The van der Waals surface area contributed by atoms with E-state index >= 15 is 0 Å². The van der Waals surface area contributed by atoms with Crippen LogP contribution in [0.5, 0.6) is 0 Å². The van der Waals surface area contributed by atoms with Crippen molar-refractivity contribution in [1.29, 1.82) is 0 Å². The number of nitrogens with one attached hydrogen (secondary N) is 1. The average Bonchev–Trinajstić information content (AvgIpc) is 3.43. The first-order valence-corrected chi connectivity index (χ1v) is 10.4. The lowest BCUT2D eigenvalue weighted by Gasteiger charge is -2.34. The van der Waals surface area contributed by atoms with Crippen molar-refractivity contribution in [2.75, 3.05) is 33.3 Å². The Labute approximate surface area is 185 Å². The summed E-state index contributed by atoms with van der Waals surface area (Å²) in [6.07, 6.45) is 4.44. The van der Waals surface area contributed by atoms with Crippen molar-refractivity contribution < 1.29 is 9.53 Å². The Balaban J connectivity index is 0.00000225. The van der Waals surface area contributed by atoms with Gasteiger partial charge >= 0.3 is 5.97 Å². The van der Waals surface area contributed by atoms with Crippen molar-refractivity contribution in [3.05, 3.63) is 35.4 Å². The van der Waals surface area contributed by atoms with Gasteiger partial charge in [-0.1, -0.05) is 24.3 Å². The summed E-state index contributed by atoms with van der Waals surface area (Å²) < 4.78 is 5.22. The normalized spacial score (nSPS) is 28.5. The van der Waals surface area contributed by atoms with Gasteiger partial charge in [0.05, 0.1) is 12.5 Å². The minimum atomic E-state index is -0.0672. The Hall–Kier alpha value is -1.31. The van der Waals surface area contributed by atoms with Crippen molar-refractivity contribution in [2.24, 2.45) is 22.7 Å². The maximum Gasteiger partial charge on any atom is 0.310 e. The second kappa shape index (κ2) is 9.46. The maximum atomic E-state index is 12.1. The summed E-state index contributed by atoms with van der Waals surface area (Å²) in [5.41, 5.74) is 3.11. The van der Waals surface area contributed by atoms with E-state index < -0.39 is 0 Å². The molecule has 1 saturated carbocycles. The fourth-order valence-electron chi connectivity index (χ4n) is 5.15. The van der Waals surface area contributed by atoms with Gasteiger partial charge in [0.1, 0.15) is 0 Å². The molecule has 0 radical (unpaired) electrons. The fraction of sp³-hybridized carbons (Fsp3) is 0.636. The van der Waals surface area contributed by atoms with Crippen molar-refractivity contribution >= 4 is 35.9 Å². The smallest absolute Gasteiger partial charge is 0.310 e. The molecule has 1 N–H and O–H groups in total. The molecule has 4 rings (SSSR count). The van der Waals surface area contributed by atoms with Gasteiger partial charge in [0.2, 0.25) is 0 Å². The standard InChI is InChI=1S/C22H31N3O2.HI/c1-3-27-21(26)16-8-6-12-25(14-16)22(23-2)24-13-19-18-11-10-15-7-4-5-9-17(15)20(18)19;/h4-5,7,9,16,18-20H,3,6,8,10-14H2,1-2H3,(H,23,24);1H/t16-,18?,19?,20?;/m1./s1. The summed E-state index contributed by atoms with van der Waals surface area (Å²) in [6.45, 7) is 4.95. The van der Waals surface area contributed by atoms with E-state index in [1.54, 1.807) is 11.1 Å². The summed E-state index contributed by atoms with van der Waals surface area (Å²) in [7, 11) is 1.84. The molecule has 1 saturated heterocycles. The zero-order valence-electron chi connectivity index (χ0n) is 16.9. The molecule has 0 aromatic heterocycles. The number of carbonyl (C=O) groups excluding carboxylic acids is 1. The number of aliphatic imine (C=N–C) groups is 1. The zero-order chi connectivity index (χ0) is 18.8. The first kappa shape index (κ1) is 21.4. The number of likely N-dealkylation sites (tertiary alicyclic amines) is 1. The predicted octanol–water partition coefficient (Wildman–Crippen LogP) is 3.43. The quantitative estimate of drug-likeness (QED) is 0.300. The first-order valence-electron chi connectivity index (χ1n) is 10.4. The second-order valence-corrected chi connectivity index (χ2v) is 8.06. The monoisotopic (exact) mass is 497 g/mol. The van der Waals surface area contributed by atoms with Crippen LogP contribution in [-0.2, 0) is 16.0 Å². The third kappa shape index (κ3) is 4.31. The number of guanidine groups is 1. The summed E-state index contributed by atoms with van der Waals surface area (Å²) >= 11 is 0. The molecule has 3 unspecified atom stereocenters. The SMILES string of the molecule is CCOC(=O)[C@@H]1CCCN(C(=NC)NCC2C3CCc4ccccc4C32)C1.I. The summed E-state index contributed by atoms with van der Waals surface area (Å²) in [6, 6.07) is 8.94. The van der Waals surface area contributed by atoms with Crippen LogP contribution < -0.4 is 5.32 Å². The van der Waals surface area contributed by atoms with E-state index in [1.807, 2.05) is 14.0 Å². The lowest BCUT2D eigenvalue weighted by Crippen LogP contribution is -2.48. The van der Waals surface area contributed by atoms with Gasteiger partial charge in [0.25, 0.3) is 0 Å². The number of hydrogen-bond acceptors (Lipinski definition) is 3. The van der Waals surface area contributed by atoms with E-state index in [2.05, 4.69) is 39.5 Å². The Morgan fingerprint density at radius 2 is 2.14 bits per heavy atom. The molecule has 4 atom stereocenters. The molecule has 1 aromatic carbocycles. The Kier molecular flexibility index (Phi) is 7.23. The molecule has 3 aliphatic rings. The number of ether oxygens (including phenoxy) is 1. The van der Waals surface area contributed by atoms with Gasteiger partial charge in [-0.15, -0.1) is 24.0 Å². The van der Waals surface area contributed by atoms with E-state index in [4.69, 9.17) is 4.74 Å². The molecule has 0 bridgehead atoms. The lowest BCUT2D eigenvalue weighted by molar-refractivity contribution is -0.149. The number of hydrogen-bond donors (Lipinski definition) is 1. The summed E-state index contributed by atoms with van der Waals surface area (Å²) in [5.74, 6) is 3.07. The van der Waals surface area contributed by atoms with Gasteiger partial charge < -0.3 is 15.0 Å². The van der Waals surface area contributed by atoms with Crippen molar-refractivity contribution in [2.45, 2.75) is 38.5 Å². The Morgan fingerprint density at radius 1 is 1.32 bits per heavy atom. The molecule has 0 amide bonds. The number of nitrogens with zero attached hydrogens (tertiary/aromatic N) is 2. The third-order valence-electron chi connectivity index (χ3n) is 6.54. The van der Waals surface area contributed by atoms with E-state index in [0.29, 0.717) is 25.0 Å². The van der Waals surface area contributed by atoms with E-state index in [0.717, 1.165) is 37.8 Å². The average molecular weight is 497 g/mol. The van der Waals surface area contributed by atoms with Gasteiger partial charge in [-0.3, -0.25) is 9.79 Å². The molecule has 2 aliphatic carbocycles. The van der Waals surface area contributed by atoms with Crippen molar-refractivity contribution in [1.82, 2.24) is 10.2 Å². The van der Waals surface area contributed by atoms with Gasteiger partial charge in [-0.05, 0) is 61.5 Å². The number of fused-ring (bicyclic) bond motifs is 3. The Morgan fingerprint density at radius 3 is 2.93 bits per heavy atom. The fourth-order valence-corrected chi connectivity index (χ4v) is 5.15. The van der Waals surface area contributed by atoms with Crippen molar-refractivity contribution in [3.8, 4) is 0 Å². The molecular formula is C22H32IN3O2. The number of piperidine rings is 1. The van der Waals surface area contributed by atoms with Gasteiger partial charge in [0, 0.05) is 26.7 Å². The molecule has 154 valence electrons. The van der Waals surface area contributed by atoms with E-state index in [-0.39, 0.29) is 35.9 Å². The van der Waals surface area contributed by atoms with Crippen LogP contribution in [0.2, 0.25) is 0 Å². The highest BCUT2D eigenvalue weighted by atomic mass is 127. The highest BCUT2D eigenvalue weighted by Crippen LogP contribution is 2.59. The lowest BCUT2D eigenvalue weighted by atomic mass is 9.92. The zero-order valence-corrected chi connectivity index (χ0v) is 19.2. The second-order valence-electron chi connectivity index (χ2n) is 8.06. The molecule has 28 heavy (non-hydrogen) atoms. The molecule has 0 spiro atoms. The van der Waals surface area contributed by atoms with Gasteiger partial charge in [0.15, 0.2) is 5.96 Å². The topological polar surface area (TPSA) is 53.9 Å². The molecule has 2 fully saturated rings. The third-order valence-corrected chi connectivity index (χ3v) is 6.54. The minimum absolute atomic E-state index is 0. The first-order chi connectivity index (χ1) is 13.2. The van der Waals surface area contributed by atoms with E-state index in [1.165, 1.54) is 12.8 Å². The van der Waals surface area contributed by atoms with Crippen LogP contribution >= 0.6 is 24.0 Å². The minimum Gasteiger partial charge on any atom is -0.466 e. The van der Waals surface area contributed by atoms with E-state index in [9.17, 15) is 4.79 Å². The van der Waals surface area contributed by atoms with Crippen LogP contribution in [0.25, 0.3) is 0 Å². The number of benzene rings is 1. The van der Waals surface area contributed by atoms with Crippen LogP contribution in [-0.4, -0.2) is 50.1 Å². The maximum absolute atomic E-state index is 12.1. The number of halogens is 1. The molecule has 1 aliphatic heterocycles.